The van der Waals surface area contributed by atoms with E-state index >= 15 is 0 Å². The van der Waals surface area contributed by atoms with E-state index in [2.05, 4.69) is 33.7 Å². The Kier molecular flexibility index (Phi) is 4.67. The molecule has 1 aromatic carbocycles. The van der Waals surface area contributed by atoms with Crippen LogP contribution in [0.1, 0.15) is 39.7 Å². The molecule has 0 saturated carbocycles. The molecule has 7 heteroatoms. The van der Waals surface area contributed by atoms with Crippen molar-refractivity contribution in [3.8, 4) is 0 Å². The van der Waals surface area contributed by atoms with Gasteiger partial charge in [0, 0.05) is 10.4 Å². The number of ketones is 1. The van der Waals surface area contributed by atoms with E-state index in [0.29, 0.717) is 11.7 Å². The predicted molar refractivity (Wildman–Crippen MR) is 99.4 cm³/mol. The fourth-order valence-electron chi connectivity index (χ4n) is 3.10. The molecule has 2 aromatic heterocycles. The van der Waals surface area contributed by atoms with Crippen molar-refractivity contribution in [1.29, 1.82) is 0 Å². The Morgan fingerprint density at radius 2 is 2.20 bits per heavy atom. The Labute approximate surface area is 154 Å². The van der Waals surface area contributed by atoms with Crippen molar-refractivity contribution in [2.75, 3.05) is 0 Å². The summed E-state index contributed by atoms with van der Waals surface area (Å²) >= 11 is 3.09. The molecular weight excluding hydrogens is 352 g/mol. The van der Waals surface area contributed by atoms with E-state index in [0.717, 1.165) is 18.4 Å². The van der Waals surface area contributed by atoms with Gasteiger partial charge in [0.25, 0.3) is 0 Å². The van der Waals surface area contributed by atoms with Gasteiger partial charge in [-0.05, 0) is 65.3 Å². The average molecular weight is 371 g/mol. The average Bonchev–Trinajstić information content (AvgIpc) is 3.36. The van der Waals surface area contributed by atoms with Crippen LogP contribution in [0.3, 0.4) is 0 Å². The highest BCUT2D eigenvalue weighted by molar-refractivity contribution is 8.00. The zero-order valence-corrected chi connectivity index (χ0v) is 15.5. The number of thiophene rings is 1. The summed E-state index contributed by atoms with van der Waals surface area (Å²) in [6, 6.07) is 10.2. The number of carbonyl (C=O) groups excluding carboxylic acids is 1. The molecule has 0 N–H and O–H groups in total. The highest BCUT2D eigenvalue weighted by Gasteiger charge is 2.22. The third-order valence-corrected chi connectivity index (χ3v) is 6.35. The van der Waals surface area contributed by atoms with Crippen LogP contribution in [0.5, 0.6) is 0 Å². The molecule has 0 fully saturated rings. The number of Topliss-reactive ketones (excluding diaryl/α,β-unsaturated/α-hetero) is 1. The number of rotatable bonds is 6. The number of carbonyl (C=O) groups is 1. The third-order valence-electron chi connectivity index (χ3n) is 4.42. The van der Waals surface area contributed by atoms with Crippen molar-refractivity contribution in [2.45, 2.75) is 43.1 Å². The standard InChI is InChI=1S/C18H18N4OS2/c1-12(17(23)15-8-7-13-4-2-5-14(13)10-15)25-18-19-20-21-22(18)11-16-6-3-9-24-16/h3,6-10,12H,2,4-5,11H2,1H3/t12-/m0/s1. The molecule has 0 aliphatic heterocycles. The summed E-state index contributed by atoms with van der Waals surface area (Å²) in [7, 11) is 0. The molecule has 1 atom stereocenters. The number of aromatic nitrogens is 4. The summed E-state index contributed by atoms with van der Waals surface area (Å²) in [5.41, 5.74) is 3.50. The molecule has 0 spiro atoms. The zero-order valence-electron chi connectivity index (χ0n) is 13.9. The lowest BCUT2D eigenvalue weighted by atomic mass is 10.0. The van der Waals surface area contributed by atoms with Crippen LogP contribution < -0.4 is 0 Å². The van der Waals surface area contributed by atoms with Crippen LogP contribution in [0.15, 0.2) is 40.9 Å². The number of nitrogens with zero attached hydrogens (tertiary/aromatic N) is 4. The van der Waals surface area contributed by atoms with Crippen LogP contribution in [0.4, 0.5) is 0 Å². The quantitative estimate of drug-likeness (QED) is 0.490. The minimum Gasteiger partial charge on any atom is -0.293 e. The number of tetrazole rings is 1. The van der Waals surface area contributed by atoms with Crippen molar-refractivity contribution in [1.82, 2.24) is 20.2 Å². The molecule has 0 amide bonds. The summed E-state index contributed by atoms with van der Waals surface area (Å²) in [6.07, 6.45) is 3.40. The van der Waals surface area contributed by atoms with E-state index in [4.69, 9.17) is 0 Å². The maximum absolute atomic E-state index is 12.8. The Bertz CT molecular complexity index is 888. The summed E-state index contributed by atoms with van der Waals surface area (Å²) in [4.78, 5) is 14.0. The van der Waals surface area contributed by atoms with Crippen LogP contribution in [-0.2, 0) is 19.4 Å². The van der Waals surface area contributed by atoms with Gasteiger partial charge in [0.15, 0.2) is 5.78 Å². The summed E-state index contributed by atoms with van der Waals surface area (Å²) < 4.78 is 1.75. The lowest BCUT2D eigenvalue weighted by Crippen LogP contribution is -2.15. The monoisotopic (exact) mass is 370 g/mol. The zero-order chi connectivity index (χ0) is 17.2. The minimum atomic E-state index is -0.229. The number of aryl methyl sites for hydroxylation is 2. The normalized spacial score (nSPS) is 14.4. The van der Waals surface area contributed by atoms with Gasteiger partial charge in [-0.2, -0.15) is 0 Å². The van der Waals surface area contributed by atoms with Gasteiger partial charge in [0.05, 0.1) is 11.8 Å². The molecule has 0 unspecified atom stereocenters. The highest BCUT2D eigenvalue weighted by Crippen LogP contribution is 2.27. The fraction of sp³-hybridized carbons (Fsp3) is 0.333. The minimum absolute atomic E-state index is 0.130. The summed E-state index contributed by atoms with van der Waals surface area (Å²) in [5, 5.41) is 14.4. The second kappa shape index (κ2) is 7.09. The van der Waals surface area contributed by atoms with Crippen molar-refractivity contribution in [3.05, 3.63) is 57.3 Å². The first-order valence-corrected chi connectivity index (χ1v) is 10.1. The van der Waals surface area contributed by atoms with E-state index in [1.807, 2.05) is 24.4 Å². The molecular formula is C18H18N4OS2. The first-order chi connectivity index (χ1) is 12.2. The number of hydrogen-bond donors (Lipinski definition) is 0. The Hall–Kier alpha value is -1.99. The van der Waals surface area contributed by atoms with Crippen molar-refractivity contribution >= 4 is 28.9 Å². The van der Waals surface area contributed by atoms with E-state index in [9.17, 15) is 4.79 Å². The van der Waals surface area contributed by atoms with Crippen molar-refractivity contribution in [3.63, 3.8) is 0 Å². The van der Waals surface area contributed by atoms with Crippen LogP contribution in [-0.4, -0.2) is 31.2 Å². The van der Waals surface area contributed by atoms with Gasteiger partial charge in [-0.25, -0.2) is 4.68 Å². The maximum atomic E-state index is 12.8. The second-order valence-corrected chi connectivity index (χ2v) is 8.50. The van der Waals surface area contributed by atoms with Crippen LogP contribution in [0.25, 0.3) is 0 Å². The number of hydrogen-bond acceptors (Lipinski definition) is 6. The molecule has 4 rings (SSSR count). The first-order valence-electron chi connectivity index (χ1n) is 8.32. The van der Waals surface area contributed by atoms with Crippen LogP contribution >= 0.6 is 23.1 Å². The number of fused-ring (bicyclic) bond motifs is 1. The Morgan fingerprint density at radius 1 is 1.32 bits per heavy atom. The smallest absolute Gasteiger partial charge is 0.210 e. The van der Waals surface area contributed by atoms with E-state index < -0.39 is 0 Å². The van der Waals surface area contributed by atoms with Gasteiger partial charge in [0.1, 0.15) is 0 Å². The van der Waals surface area contributed by atoms with E-state index in [-0.39, 0.29) is 11.0 Å². The maximum Gasteiger partial charge on any atom is 0.210 e. The SMILES string of the molecule is C[C@H](Sc1nnnn1Cc1cccs1)C(=O)c1ccc2c(c1)CCC2. The van der Waals surface area contributed by atoms with E-state index in [1.165, 1.54) is 34.2 Å². The molecule has 25 heavy (non-hydrogen) atoms. The second-order valence-electron chi connectivity index (χ2n) is 6.16. The van der Waals surface area contributed by atoms with Gasteiger partial charge >= 0.3 is 0 Å². The first kappa shape index (κ1) is 16.5. The van der Waals surface area contributed by atoms with Crippen molar-refractivity contribution in [2.24, 2.45) is 0 Å². The predicted octanol–water partition coefficient (Wildman–Crippen LogP) is 3.64. The molecule has 5 nitrogen and oxygen atoms in total. The molecule has 0 bridgehead atoms. The number of benzene rings is 1. The molecule has 3 aromatic rings. The van der Waals surface area contributed by atoms with Gasteiger partial charge < -0.3 is 0 Å². The number of thioether (sulfide) groups is 1. The van der Waals surface area contributed by atoms with Gasteiger partial charge in [-0.1, -0.05) is 30.0 Å². The molecule has 2 heterocycles. The van der Waals surface area contributed by atoms with Gasteiger partial charge in [-0.15, -0.1) is 16.4 Å². The van der Waals surface area contributed by atoms with Crippen LogP contribution in [0, 0.1) is 0 Å². The van der Waals surface area contributed by atoms with Gasteiger partial charge in [-0.3, -0.25) is 4.79 Å². The molecule has 128 valence electrons. The molecule has 0 radical (unpaired) electrons. The Morgan fingerprint density at radius 3 is 3.04 bits per heavy atom. The Balaban J connectivity index is 1.48. The summed E-state index contributed by atoms with van der Waals surface area (Å²) in [6.45, 7) is 2.55. The van der Waals surface area contributed by atoms with Crippen LogP contribution in [0.2, 0.25) is 0 Å². The third kappa shape index (κ3) is 3.52. The molecule has 1 aliphatic rings. The highest BCUT2D eigenvalue weighted by atomic mass is 32.2. The van der Waals surface area contributed by atoms with Gasteiger partial charge in [0.2, 0.25) is 5.16 Å². The fourth-order valence-corrected chi connectivity index (χ4v) is 4.65. The lowest BCUT2D eigenvalue weighted by Gasteiger charge is -2.11. The van der Waals surface area contributed by atoms with Crippen molar-refractivity contribution < 1.29 is 4.79 Å². The van der Waals surface area contributed by atoms with E-state index in [1.54, 1.807) is 16.0 Å². The lowest BCUT2D eigenvalue weighted by molar-refractivity contribution is 0.0993. The summed E-state index contributed by atoms with van der Waals surface area (Å²) in [5.74, 6) is 0.130. The topological polar surface area (TPSA) is 60.7 Å². The molecule has 1 aliphatic carbocycles. The molecule has 0 saturated heterocycles. The largest absolute Gasteiger partial charge is 0.293 e.